The van der Waals surface area contributed by atoms with Crippen molar-refractivity contribution >= 4 is 24.4 Å². The van der Waals surface area contributed by atoms with Gasteiger partial charge in [-0.25, -0.2) is 0 Å². The Morgan fingerprint density at radius 3 is 1.87 bits per heavy atom. The minimum Gasteiger partial charge on any atom is -0.650 e. The van der Waals surface area contributed by atoms with E-state index in [4.69, 9.17) is 0 Å². The van der Waals surface area contributed by atoms with E-state index in [-0.39, 0.29) is 36.2 Å². The largest absolute Gasteiger partial charge is 1.00 e. The molecule has 23 heavy (non-hydrogen) atoms. The summed E-state index contributed by atoms with van der Waals surface area (Å²) < 4.78 is 0. The van der Waals surface area contributed by atoms with Crippen LogP contribution in [0.2, 0.25) is 0 Å². The van der Waals surface area contributed by atoms with Crippen molar-refractivity contribution in [2.75, 3.05) is 6.16 Å². The summed E-state index contributed by atoms with van der Waals surface area (Å²) in [6.45, 7) is 4.01. The number of benzene rings is 2. The summed E-state index contributed by atoms with van der Waals surface area (Å²) >= 11 is 0. The average molecular weight is 317 g/mol. The van der Waals surface area contributed by atoms with E-state index in [9.17, 15) is 4.79 Å². The van der Waals surface area contributed by atoms with Gasteiger partial charge in [0.2, 0.25) is 0 Å². The topological polar surface area (TPSA) is 31.2 Å². The van der Waals surface area contributed by atoms with Crippen LogP contribution in [0.25, 0.3) is 5.32 Å². The van der Waals surface area contributed by atoms with Crippen LogP contribution in [0.4, 0.5) is 0 Å². The van der Waals surface area contributed by atoms with E-state index in [0.717, 1.165) is 12.6 Å². The zero-order valence-electron chi connectivity index (χ0n) is 14.1. The number of nitrogens with zero attached hydrogens (tertiary/aromatic N) is 1. The zero-order chi connectivity index (χ0) is 15.6. The summed E-state index contributed by atoms with van der Waals surface area (Å²) in [5, 5.41) is 7.12. The van der Waals surface area contributed by atoms with Crippen LogP contribution < -0.4 is 29.5 Å². The molecule has 0 bridgehead atoms. The van der Waals surface area contributed by atoms with Crippen molar-refractivity contribution in [2.24, 2.45) is 5.41 Å². The maximum absolute atomic E-state index is 12.0. The van der Waals surface area contributed by atoms with E-state index in [1.807, 2.05) is 13.8 Å². The van der Waals surface area contributed by atoms with Crippen molar-refractivity contribution in [1.82, 2.24) is 0 Å². The van der Waals surface area contributed by atoms with Gasteiger partial charge < -0.3 is 10.1 Å². The molecular weight excluding hydrogens is 296 g/mol. The van der Waals surface area contributed by atoms with Crippen molar-refractivity contribution in [3.05, 3.63) is 66.0 Å². The Kier molecular flexibility index (Phi) is 6.10. The van der Waals surface area contributed by atoms with Gasteiger partial charge in [0.25, 0.3) is 0 Å². The van der Waals surface area contributed by atoms with Crippen LogP contribution in [0.15, 0.2) is 60.7 Å². The molecule has 0 N–H and O–H groups in total. The second-order valence-electron chi connectivity index (χ2n) is 6.46. The molecule has 2 aromatic carbocycles. The molecule has 1 fully saturated rings. The van der Waals surface area contributed by atoms with Gasteiger partial charge in [-0.2, -0.15) is 0 Å². The van der Waals surface area contributed by atoms with Crippen LogP contribution in [-0.2, 0) is 4.79 Å². The van der Waals surface area contributed by atoms with Gasteiger partial charge in [0.05, 0.1) is 5.91 Å². The van der Waals surface area contributed by atoms with Crippen LogP contribution in [0, 0.1) is 5.41 Å². The SMILES string of the molecule is CC1(C)CC(CP(c2ccccc2)c2ccccc2)[N-]C1=O.[Li+]. The van der Waals surface area contributed by atoms with Gasteiger partial charge in [0, 0.05) is 5.41 Å². The van der Waals surface area contributed by atoms with Gasteiger partial charge in [-0.05, 0) is 24.7 Å². The first-order chi connectivity index (χ1) is 10.6. The second-order valence-corrected chi connectivity index (χ2v) is 8.71. The molecule has 4 heteroatoms. The quantitative estimate of drug-likeness (QED) is 0.607. The Morgan fingerprint density at radius 1 is 1.00 bits per heavy atom. The van der Waals surface area contributed by atoms with E-state index in [0.29, 0.717) is 0 Å². The molecular formula is C19H21LiNOP. The Hall–Kier alpha value is -1.06. The third-order valence-electron chi connectivity index (χ3n) is 4.15. The third kappa shape index (κ3) is 4.27. The fraction of sp³-hybridized carbons (Fsp3) is 0.316. The first-order valence-corrected chi connectivity index (χ1v) is 9.22. The van der Waals surface area contributed by atoms with Crippen molar-refractivity contribution in [2.45, 2.75) is 26.3 Å². The number of carbonyl (C=O) groups is 1. The summed E-state index contributed by atoms with van der Waals surface area (Å²) in [5.74, 6) is 0.0635. The second kappa shape index (κ2) is 7.67. The Morgan fingerprint density at radius 2 is 1.48 bits per heavy atom. The van der Waals surface area contributed by atoms with Gasteiger partial charge in [-0.1, -0.05) is 80.9 Å². The van der Waals surface area contributed by atoms with Crippen molar-refractivity contribution in [3.8, 4) is 0 Å². The molecule has 1 amide bonds. The van der Waals surface area contributed by atoms with E-state index in [1.54, 1.807) is 0 Å². The van der Waals surface area contributed by atoms with Gasteiger partial charge in [-0.3, -0.25) is 0 Å². The van der Waals surface area contributed by atoms with Crippen LogP contribution in [-0.4, -0.2) is 18.1 Å². The van der Waals surface area contributed by atoms with Crippen LogP contribution >= 0.6 is 7.92 Å². The fourth-order valence-electron chi connectivity index (χ4n) is 2.95. The minimum absolute atomic E-state index is 0. The molecule has 2 aromatic rings. The maximum atomic E-state index is 12.0. The van der Waals surface area contributed by atoms with Gasteiger partial charge in [0.1, 0.15) is 0 Å². The predicted octanol–water partition coefficient (Wildman–Crippen LogP) is 0.822. The fourth-order valence-corrected chi connectivity index (χ4v) is 5.37. The van der Waals surface area contributed by atoms with Gasteiger partial charge in [-0.15, -0.1) is 6.04 Å². The van der Waals surface area contributed by atoms with Crippen molar-refractivity contribution < 1.29 is 23.7 Å². The number of rotatable bonds is 4. The molecule has 1 aliphatic rings. The van der Waals surface area contributed by atoms with Gasteiger partial charge in [0.15, 0.2) is 0 Å². The summed E-state index contributed by atoms with van der Waals surface area (Å²) in [6.07, 6.45) is 1.82. The van der Waals surface area contributed by atoms with E-state index >= 15 is 0 Å². The van der Waals surface area contributed by atoms with E-state index in [1.165, 1.54) is 10.6 Å². The summed E-state index contributed by atoms with van der Waals surface area (Å²) in [6, 6.07) is 21.4. The molecule has 114 valence electrons. The molecule has 0 aromatic heterocycles. The molecule has 1 aliphatic heterocycles. The normalized spacial score (nSPS) is 19.3. The standard InChI is InChI=1S/C19H22NOP.Li/c1-19(2)13-15(20-18(19)21)14-22(16-9-5-3-6-10-16)17-11-7-4-8-12-17;/h3-12,15H,13-14H2,1-2H3,(H,20,21);/q;+1/p-1. The monoisotopic (exact) mass is 317 g/mol. The van der Waals surface area contributed by atoms with Crippen LogP contribution in [0.1, 0.15) is 20.3 Å². The first kappa shape index (κ1) is 18.3. The molecule has 1 heterocycles. The summed E-state index contributed by atoms with van der Waals surface area (Å²) in [5.41, 5.74) is -0.293. The number of carbonyl (C=O) groups excluding carboxylic acids is 1. The Bertz CT molecular complexity index is 605. The predicted molar refractivity (Wildman–Crippen MR) is 94.5 cm³/mol. The molecule has 1 unspecified atom stereocenters. The van der Waals surface area contributed by atoms with Gasteiger partial charge >= 0.3 is 18.9 Å². The molecule has 0 radical (unpaired) electrons. The molecule has 0 saturated carbocycles. The third-order valence-corrected chi connectivity index (χ3v) is 6.78. The summed E-state index contributed by atoms with van der Waals surface area (Å²) in [4.78, 5) is 12.0. The van der Waals surface area contributed by atoms with E-state index in [2.05, 4.69) is 66.0 Å². The average Bonchev–Trinajstić information content (AvgIpc) is 2.79. The summed E-state index contributed by atoms with van der Waals surface area (Å²) in [7, 11) is -0.468. The Balaban J connectivity index is 0.00000192. The zero-order valence-corrected chi connectivity index (χ0v) is 15.0. The number of hydrogen-bond acceptors (Lipinski definition) is 1. The van der Waals surface area contributed by atoms with Crippen molar-refractivity contribution in [1.29, 1.82) is 0 Å². The molecule has 1 saturated heterocycles. The number of amides is 1. The van der Waals surface area contributed by atoms with Crippen LogP contribution in [0.3, 0.4) is 0 Å². The minimum atomic E-state index is -0.468. The molecule has 2 nitrogen and oxygen atoms in total. The number of hydrogen-bond donors (Lipinski definition) is 0. The first-order valence-electron chi connectivity index (χ1n) is 7.69. The smallest absolute Gasteiger partial charge is 0.650 e. The molecule has 0 spiro atoms. The van der Waals surface area contributed by atoms with E-state index < -0.39 is 7.92 Å². The molecule has 1 atom stereocenters. The molecule has 0 aliphatic carbocycles. The van der Waals surface area contributed by atoms with Crippen molar-refractivity contribution in [3.63, 3.8) is 0 Å². The Labute approximate surface area is 152 Å². The van der Waals surface area contributed by atoms with Crippen LogP contribution in [0.5, 0.6) is 0 Å². The molecule has 3 rings (SSSR count). The maximum Gasteiger partial charge on any atom is 1.00 e.